The number of thioether (sulfide) groups is 1. The number of amides is 2. The summed E-state index contributed by atoms with van der Waals surface area (Å²) in [6.07, 6.45) is 6.34. The molecule has 4 unspecified atom stereocenters. The van der Waals surface area contributed by atoms with Crippen molar-refractivity contribution in [2.45, 2.75) is 83.4 Å². The molecule has 4 aromatic carbocycles. The average molecular weight is 763 g/mol. The molecule has 0 radical (unpaired) electrons. The molecule has 4 aromatic rings. The largest absolute Gasteiger partial charge is 0.450 e. The number of carbonyl (C=O) groups is 2. The first kappa shape index (κ1) is 40.0. The number of carbonyl (C=O) groups excluding carboxylic acids is 2. The van der Waals surface area contributed by atoms with Crippen LogP contribution in [0.5, 0.6) is 0 Å². The summed E-state index contributed by atoms with van der Waals surface area (Å²) >= 11 is 1.65. The third-order valence-electron chi connectivity index (χ3n) is 9.87. The summed E-state index contributed by atoms with van der Waals surface area (Å²) in [7, 11) is 0. The van der Waals surface area contributed by atoms with Crippen LogP contribution in [0.2, 0.25) is 0 Å². The van der Waals surface area contributed by atoms with Crippen molar-refractivity contribution in [2.75, 3.05) is 11.1 Å². The molecule has 1 fully saturated rings. The van der Waals surface area contributed by atoms with E-state index >= 15 is 0 Å². The second-order valence-corrected chi connectivity index (χ2v) is 15.0. The average Bonchev–Trinajstić information content (AvgIpc) is 3.40. The molecule has 10 heteroatoms. The number of anilines is 1. The van der Waals surface area contributed by atoms with Crippen molar-refractivity contribution in [3.63, 3.8) is 0 Å². The van der Waals surface area contributed by atoms with E-state index < -0.39 is 12.2 Å². The Bertz CT molecular complexity index is 1900. The Labute approximate surface area is 327 Å². The summed E-state index contributed by atoms with van der Waals surface area (Å²) in [5.41, 5.74) is 8.41. The van der Waals surface area contributed by atoms with Crippen LogP contribution in [0, 0.1) is 5.92 Å². The Morgan fingerprint density at radius 1 is 0.764 bits per heavy atom. The number of aliphatic hydroxyl groups excluding tert-OH is 1. The van der Waals surface area contributed by atoms with Gasteiger partial charge in [-0.2, -0.15) is 0 Å². The minimum absolute atomic E-state index is 0.0235. The third-order valence-corrected chi connectivity index (χ3v) is 10.9. The molecule has 9 nitrogen and oxygen atoms in total. The minimum Gasteiger partial charge on any atom is -0.450 e. The van der Waals surface area contributed by atoms with Crippen molar-refractivity contribution < 1.29 is 34.1 Å². The van der Waals surface area contributed by atoms with Gasteiger partial charge in [0.05, 0.1) is 18.8 Å². The molecular formula is C45H50N2O7S. The van der Waals surface area contributed by atoms with Gasteiger partial charge in [-0.25, -0.2) is 5.48 Å². The second-order valence-electron chi connectivity index (χ2n) is 14.0. The molecule has 4 N–H and O–H groups in total. The van der Waals surface area contributed by atoms with E-state index in [-0.39, 0.29) is 37.1 Å². The molecule has 2 amide bonds. The van der Waals surface area contributed by atoms with Crippen molar-refractivity contribution in [1.29, 1.82) is 0 Å². The lowest BCUT2D eigenvalue weighted by molar-refractivity contribution is -0.245. The van der Waals surface area contributed by atoms with E-state index in [0.717, 1.165) is 57.9 Å². The number of hydrogen-bond acceptors (Lipinski definition) is 8. The van der Waals surface area contributed by atoms with E-state index in [1.807, 2.05) is 72.8 Å². The first-order chi connectivity index (χ1) is 26.9. The maximum atomic E-state index is 12.6. The number of hydrogen-bond donors (Lipinski definition) is 4. The fraction of sp³-hybridized carbons (Fsp3) is 0.333. The number of hydroxylamine groups is 1. The molecular weight excluding hydrogens is 713 g/mol. The van der Waals surface area contributed by atoms with Crippen LogP contribution < -0.4 is 10.8 Å². The van der Waals surface area contributed by atoms with Crippen LogP contribution >= 0.6 is 11.8 Å². The van der Waals surface area contributed by atoms with Gasteiger partial charge in [0.25, 0.3) is 0 Å². The highest BCUT2D eigenvalue weighted by molar-refractivity contribution is 8.02. The lowest BCUT2D eigenvalue weighted by atomic mass is 9.89. The first-order valence-corrected chi connectivity index (χ1v) is 20.1. The van der Waals surface area contributed by atoms with E-state index in [2.05, 4.69) is 54.7 Å². The number of aliphatic hydroxyl groups is 1. The maximum absolute atomic E-state index is 12.6. The lowest BCUT2D eigenvalue weighted by Crippen LogP contribution is -2.31. The number of unbranched alkanes of at least 4 members (excludes halogenated alkanes) is 3. The number of ether oxygens (including phenoxy) is 3. The van der Waals surface area contributed by atoms with E-state index in [4.69, 9.17) is 19.4 Å². The Balaban J connectivity index is 1.13. The van der Waals surface area contributed by atoms with E-state index in [9.17, 15) is 14.7 Å². The number of allylic oxidation sites excluding steroid dienone is 2. The van der Waals surface area contributed by atoms with E-state index in [1.54, 1.807) is 17.2 Å². The van der Waals surface area contributed by atoms with Gasteiger partial charge in [0, 0.05) is 47.4 Å². The summed E-state index contributed by atoms with van der Waals surface area (Å²) < 4.78 is 20.0. The standard InChI is InChI=1S/C45H50N2O7S/c1-31-18-27-42(54-44(35-14-8-5-9-15-35)43(31)34-12-6-4-7-13-34)55-30-38-28-39(33-21-19-32(29-48)20-22-33)53-45(52-38)36-23-25-37(26-24-36)46-40(49)16-10-2-3-11-17-41(50)47-51/h4-9,12-15,19-27,31,38-39,45,48,51H,2-3,10-11,16-18,28-30H2,1H3,(H,46,49)(H,47,50). The van der Waals surface area contributed by atoms with E-state index in [0.29, 0.717) is 37.1 Å². The van der Waals surface area contributed by atoms with Crippen molar-refractivity contribution in [3.05, 3.63) is 148 Å². The predicted octanol–water partition coefficient (Wildman–Crippen LogP) is 9.71. The third kappa shape index (κ3) is 11.4. The van der Waals surface area contributed by atoms with Gasteiger partial charge in [-0.1, -0.05) is 129 Å². The lowest BCUT2D eigenvalue weighted by Gasteiger charge is -2.36. The minimum atomic E-state index is -0.631. The van der Waals surface area contributed by atoms with Crippen LogP contribution in [-0.4, -0.2) is 34.0 Å². The fourth-order valence-corrected chi connectivity index (χ4v) is 7.78. The summed E-state index contributed by atoms with van der Waals surface area (Å²) in [6.45, 7) is 2.23. The number of rotatable bonds is 16. The highest BCUT2D eigenvalue weighted by Gasteiger charge is 2.33. The Morgan fingerprint density at radius 3 is 2.05 bits per heavy atom. The molecule has 2 heterocycles. The van der Waals surface area contributed by atoms with Crippen molar-refractivity contribution >= 4 is 40.6 Å². The van der Waals surface area contributed by atoms with Crippen molar-refractivity contribution in [1.82, 2.24) is 5.48 Å². The van der Waals surface area contributed by atoms with Gasteiger partial charge in [0.15, 0.2) is 11.4 Å². The molecule has 0 aromatic heterocycles. The smallest absolute Gasteiger partial charge is 0.243 e. The second kappa shape index (κ2) is 20.3. The quantitative estimate of drug-likeness (QED) is 0.0505. The van der Waals surface area contributed by atoms with Gasteiger partial charge in [0.1, 0.15) is 5.76 Å². The fourth-order valence-electron chi connectivity index (χ4n) is 6.86. The SMILES string of the molecule is CC1CC=C(SCC2CC(c3ccc(CO)cc3)OC(c3ccc(NC(=O)CCCCCCC(=O)NO)cc3)O2)OC(c2ccccc2)=C1c1ccccc1. The molecule has 2 aliphatic rings. The first-order valence-electron chi connectivity index (χ1n) is 19.1. The molecule has 288 valence electrons. The zero-order valence-electron chi connectivity index (χ0n) is 31.2. The topological polar surface area (TPSA) is 126 Å². The molecule has 0 saturated carbocycles. The van der Waals surface area contributed by atoms with Gasteiger partial charge < -0.3 is 24.6 Å². The van der Waals surface area contributed by atoms with Gasteiger partial charge in [-0.15, -0.1) is 0 Å². The maximum Gasteiger partial charge on any atom is 0.243 e. The number of benzene rings is 4. The van der Waals surface area contributed by atoms with Gasteiger partial charge >= 0.3 is 0 Å². The molecule has 4 atom stereocenters. The molecule has 1 saturated heterocycles. The highest BCUT2D eigenvalue weighted by Crippen LogP contribution is 2.43. The van der Waals surface area contributed by atoms with Gasteiger partial charge in [0.2, 0.25) is 11.8 Å². The Hall–Kier alpha value is -4.71. The van der Waals surface area contributed by atoms with Crippen LogP contribution in [-0.2, 0) is 30.4 Å². The Kier molecular flexibility index (Phi) is 14.7. The molecule has 0 aliphatic carbocycles. The molecule has 0 bridgehead atoms. The van der Waals surface area contributed by atoms with E-state index in [1.165, 1.54) is 5.57 Å². The van der Waals surface area contributed by atoms with Crippen LogP contribution in [0.4, 0.5) is 5.69 Å². The van der Waals surface area contributed by atoms with Crippen molar-refractivity contribution in [3.8, 4) is 0 Å². The molecule has 6 rings (SSSR count). The van der Waals surface area contributed by atoms with Gasteiger partial charge in [-0.05, 0) is 60.1 Å². The van der Waals surface area contributed by atoms with Crippen LogP contribution in [0.15, 0.2) is 120 Å². The van der Waals surface area contributed by atoms with Crippen LogP contribution in [0.1, 0.15) is 98.5 Å². The van der Waals surface area contributed by atoms with Gasteiger partial charge in [-0.3, -0.25) is 14.8 Å². The highest BCUT2D eigenvalue weighted by atomic mass is 32.2. The van der Waals surface area contributed by atoms with Crippen molar-refractivity contribution in [2.24, 2.45) is 5.92 Å². The number of nitrogens with one attached hydrogen (secondary N) is 2. The van der Waals surface area contributed by atoms with Crippen LogP contribution in [0.25, 0.3) is 11.3 Å². The summed E-state index contributed by atoms with van der Waals surface area (Å²) in [5.74, 6) is 1.31. The summed E-state index contributed by atoms with van der Waals surface area (Å²) in [6, 6.07) is 36.2. The monoisotopic (exact) mass is 762 g/mol. The molecule has 0 spiro atoms. The zero-order chi connectivity index (χ0) is 38.4. The Morgan fingerprint density at radius 2 is 1.40 bits per heavy atom. The molecule has 2 aliphatic heterocycles. The summed E-state index contributed by atoms with van der Waals surface area (Å²) in [4.78, 5) is 23.8. The van der Waals surface area contributed by atoms with Crippen LogP contribution in [0.3, 0.4) is 0 Å². The zero-order valence-corrected chi connectivity index (χ0v) is 32.0. The predicted molar refractivity (Wildman–Crippen MR) is 216 cm³/mol. The summed E-state index contributed by atoms with van der Waals surface area (Å²) in [5, 5.41) is 22.1. The normalized spacial score (nSPS) is 19.9. The molecule has 55 heavy (non-hydrogen) atoms.